The van der Waals surface area contributed by atoms with Crippen LogP contribution >= 0.6 is 0 Å². The Bertz CT molecular complexity index is 1010. The van der Waals surface area contributed by atoms with Crippen molar-refractivity contribution in [2.45, 2.75) is 44.2 Å². The minimum absolute atomic E-state index is 0.125. The van der Waals surface area contributed by atoms with Crippen molar-refractivity contribution < 1.29 is 46.4 Å². The highest BCUT2D eigenvalue weighted by Crippen LogP contribution is 2.42. The Morgan fingerprint density at radius 1 is 1.00 bits per heavy atom. The summed E-state index contributed by atoms with van der Waals surface area (Å²) in [6, 6.07) is 12.6. The molecule has 0 radical (unpaired) electrons. The van der Waals surface area contributed by atoms with E-state index in [-0.39, 0.29) is 13.0 Å². The molecule has 2 rings (SSSR count). The van der Waals surface area contributed by atoms with Crippen LogP contribution in [0.1, 0.15) is 36.3 Å². The molecule has 4 nitrogen and oxygen atoms in total. The molecule has 0 spiro atoms. The number of rotatable bonds is 6. The first-order valence-electron chi connectivity index (χ1n) is 9.54. The quantitative estimate of drug-likeness (QED) is 0.317. The van der Waals surface area contributed by atoms with Crippen LogP contribution in [-0.2, 0) is 6.61 Å². The number of aliphatic hydroxyl groups excluding tert-OH is 1. The maximum Gasteiger partial charge on any atom is 0.438 e. The van der Waals surface area contributed by atoms with Gasteiger partial charge < -0.3 is 20.1 Å². The van der Waals surface area contributed by atoms with E-state index in [1.165, 1.54) is 12.1 Å². The summed E-state index contributed by atoms with van der Waals surface area (Å²) in [4.78, 5) is 0. The SMILES string of the molecule is CCC(=CC#CC(O)(C(F)(F)F)C(F)(F)F)c1cccc(OCc2ccc(C(O)O)cc2)c1. The highest BCUT2D eigenvalue weighted by molar-refractivity contribution is 5.69. The van der Waals surface area contributed by atoms with Crippen LogP contribution in [0.25, 0.3) is 5.57 Å². The first kappa shape index (κ1) is 26.3. The van der Waals surface area contributed by atoms with Crippen molar-refractivity contribution in [1.82, 2.24) is 0 Å². The van der Waals surface area contributed by atoms with Crippen LogP contribution in [0.2, 0.25) is 0 Å². The predicted molar refractivity (Wildman–Crippen MR) is 107 cm³/mol. The van der Waals surface area contributed by atoms with Crippen molar-refractivity contribution in [2.75, 3.05) is 0 Å². The lowest BCUT2D eigenvalue weighted by atomic mass is 10.0. The fraction of sp³-hybridized carbons (Fsp3) is 0.304. The highest BCUT2D eigenvalue weighted by Gasteiger charge is 2.70. The van der Waals surface area contributed by atoms with E-state index in [0.29, 0.717) is 22.4 Å². The van der Waals surface area contributed by atoms with E-state index in [1.807, 2.05) is 0 Å². The third-order valence-electron chi connectivity index (χ3n) is 4.59. The number of benzene rings is 2. The van der Waals surface area contributed by atoms with Crippen molar-refractivity contribution >= 4 is 5.57 Å². The number of ether oxygens (including phenoxy) is 1. The van der Waals surface area contributed by atoms with Gasteiger partial charge in [0.2, 0.25) is 0 Å². The van der Waals surface area contributed by atoms with Crippen LogP contribution in [0, 0.1) is 11.8 Å². The molecule has 0 aliphatic heterocycles. The number of halogens is 6. The molecule has 0 amide bonds. The number of allylic oxidation sites excluding steroid dienone is 2. The summed E-state index contributed by atoms with van der Waals surface area (Å²) in [5.41, 5.74) is -3.31. The Morgan fingerprint density at radius 3 is 2.12 bits per heavy atom. The van der Waals surface area contributed by atoms with Gasteiger partial charge >= 0.3 is 18.0 Å². The van der Waals surface area contributed by atoms with Gasteiger partial charge in [-0.2, -0.15) is 26.3 Å². The van der Waals surface area contributed by atoms with Gasteiger partial charge in [0.1, 0.15) is 12.4 Å². The molecule has 3 N–H and O–H groups in total. The van der Waals surface area contributed by atoms with Crippen LogP contribution in [0.5, 0.6) is 5.75 Å². The van der Waals surface area contributed by atoms with Gasteiger partial charge in [-0.25, -0.2) is 0 Å². The highest BCUT2D eigenvalue weighted by atomic mass is 19.4. The molecule has 0 fully saturated rings. The summed E-state index contributed by atoms with van der Waals surface area (Å²) in [5.74, 6) is 2.98. The molecule has 0 atom stereocenters. The number of alkyl halides is 6. The lowest BCUT2D eigenvalue weighted by Crippen LogP contribution is -2.55. The van der Waals surface area contributed by atoms with Gasteiger partial charge in [-0.15, -0.1) is 0 Å². The fourth-order valence-corrected chi connectivity index (χ4v) is 2.66. The smallest absolute Gasteiger partial charge is 0.438 e. The van der Waals surface area contributed by atoms with Crippen LogP contribution < -0.4 is 4.74 Å². The Morgan fingerprint density at radius 2 is 1.61 bits per heavy atom. The molecule has 33 heavy (non-hydrogen) atoms. The number of hydrogen-bond acceptors (Lipinski definition) is 4. The van der Waals surface area contributed by atoms with E-state index >= 15 is 0 Å². The molecule has 0 aliphatic carbocycles. The molecule has 0 bridgehead atoms. The summed E-state index contributed by atoms with van der Waals surface area (Å²) in [6.07, 6.45) is -12.5. The van der Waals surface area contributed by atoms with Gasteiger partial charge in [-0.3, -0.25) is 0 Å². The largest absolute Gasteiger partial charge is 0.489 e. The van der Waals surface area contributed by atoms with Gasteiger partial charge in [0.05, 0.1) is 0 Å². The first-order valence-corrected chi connectivity index (χ1v) is 9.54. The second-order valence-corrected chi connectivity index (χ2v) is 6.93. The average Bonchev–Trinajstić information content (AvgIpc) is 2.74. The summed E-state index contributed by atoms with van der Waals surface area (Å²) >= 11 is 0. The van der Waals surface area contributed by atoms with E-state index in [4.69, 9.17) is 20.1 Å². The van der Waals surface area contributed by atoms with Crippen LogP contribution in [0.15, 0.2) is 54.6 Å². The third-order valence-corrected chi connectivity index (χ3v) is 4.59. The Balaban J connectivity index is 2.22. The maximum atomic E-state index is 12.7. The van der Waals surface area contributed by atoms with E-state index in [1.54, 1.807) is 49.2 Å². The van der Waals surface area contributed by atoms with Gasteiger partial charge in [0, 0.05) is 5.56 Å². The molecule has 0 unspecified atom stereocenters. The zero-order chi connectivity index (χ0) is 24.9. The van der Waals surface area contributed by atoms with Gasteiger partial charge in [-0.1, -0.05) is 49.2 Å². The molecular weight excluding hydrogens is 454 g/mol. The van der Waals surface area contributed by atoms with Crippen molar-refractivity contribution in [2.24, 2.45) is 0 Å². The van der Waals surface area contributed by atoms with Crippen LogP contribution in [0.3, 0.4) is 0 Å². The molecule has 0 aromatic heterocycles. The predicted octanol–water partition coefficient (Wildman–Crippen LogP) is 4.90. The van der Waals surface area contributed by atoms with Crippen molar-refractivity contribution in [1.29, 1.82) is 0 Å². The van der Waals surface area contributed by atoms with Crippen molar-refractivity contribution in [3.05, 3.63) is 71.3 Å². The summed E-state index contributed by atoms with van der Waals surface area (Å²) in [7, 11) is 0. The topological polar surface area (TPSA) is 69.9 Å². The lowest BCUT2D eigenvalue weighted by molar-refractivity contribution is -0.343. The van der Waals surface area contributed by atoms with Gasteiger partial charge in [0.25, 0.3) is 0 Å². The Labute approximate surface area is 185 Å². The molecule has 0 heterocycles. The van der Waals surface area contributed by atoms with Crippen LogP contribution in [-0.4, -0.2) is 33.3 Å². The van der Waals surface area contributed by atoms with Crippen molar-refractivity contribution in [3.63, 3.8) is 0 Å². The number of hydrogen-bond donors (Lipinski definition) is 3. The molecule has 2 aromatic rings. The number of aliphatic hydroxyl groups is 3. The van der Waals surface area contributed by atoms with Gasteiger partial charge in [0.15, 0.2) is 6.29 Å². The fourth-order valence-electron chi connectivity index (χ4n) is 2.66. The minimum Gasteiger partial charge on any atom is -0.489 e. The standard InChI is InChI=1S/C23H20F6O4/c1-2-16(6-4-12-21(32,22(24,25)26)23(27,28)29)18-5-3-7-19(13-18)33-14-15-8-10-17(11-9-15)20(30)31/h3,5-11,13,20,30-32H,2,14H2,1H3. The third kappa shape index (κ3) is 6.51. The maximum absolute atomic E-state index is 12.7. The molecule has 10 heteroatoms. The monoisotopic (exact) mass is 474 g/mol. The zero-order valence-electron chi connectivity index (χ0n) is 17.2. The van der Waals surface area contributed by atoms with E-state index < -0.39 is 24.2 Å². The summed E-state index contributed by atoms with van der Waals surface area (Å²) in [5, 5.41) is 27.3. The van der Waals surface area contributed by atoms with E-state index in [2.05, 4.69) is 0 Å². The van der Waals surface area contributed by atoms with Gasteiger partial charge in [-0.05, 0) is 47.3 Å². The van der Waals surface area contributed by atoms with E-state index in [0.717, 1.165) is 17.6 Å². The summed E-state index contributed by atoms with van der Waals surface area (Å²) in [6.45, 7) is 1.76. The molecule has 2 aromatic carbocycles. The Kier molecular flexibility index (Phi) is 8.19. The van der Waals surface area contributed by atoms with Crippen LogP contribution in [0.4, 0.5) is 26.3 Å². The minimum atomic E-state index is -6.01. The molecule has 0 aliphatic rings. The lowest BCUT2D eigenvalue weighted by Gasteiger charge is -2.27. The average molecular weight is 474 g/mol. The van der Waals surface area contributed by atoms with Crippen molar-refractivity contribution in [3.8, 4) is 17.6 Å². The molecule has 0 saturated carbocycles. The van der Waals surface area contributed by atoms with E-state index in [9.17, 15) is 26.3 Å². The molecule has 178 valence electrons. The normalized spacial score (nSPS) is 13.0. The molecular formula is C23H20F6O4. The zero-order valence-corrected chi connectivity index (χ0v) is 17.2. The first-order chi connectivity index (χ1) is 15.3. The summed E-state index contributed by atoms with van der Waals surface area (Å²) < 4.78 is 82.1. The second-order valence-electron chi connectivity index (χ2n) is 6.93. The Hall–Kier alpha value is -3.00. The second kappa shape index (κ2) is 10.3. The molecule has 0 saturated heterocycles.